The molecule has 2 atom stereocenters. The molecule has 6 aromatic carbocycles. The minimum absolute atomic E-state index is 0.0111. The van der Waals surface area contributed by atoms with Gasteiger partial charge in [0.15, 0.2) is 0 Å². The third kappa shape index (κ3) is 3.49. The third-order valence-corrected chi connectivity index (χ3v) is 12.6. The first-order chi connectivity index (χ1) is 24.3. The summed E-state index contributed by atoms with van der Waals surface area (Å²) in [5, 5.41) is 5.23. The predicted molar refractivity (Wildman–Crippen MR) is 210 cm³/mol. The fraction of sp³-hybridized carbons (Fsp3) is 0.167. The normalized spacial score (nSPS) is 19.6. The molecule has 2 unspecified atom stereocenters. The zero-order valence-electron chi connectivity index (χ0n) is 28.9. The average molecular weight is 643 g/mol. The molecule has 2 aromatic heterocycles. The minimum atomic E-state index is -0.113. The summed E-state index contributed by atoms with van der Waals surface area (Å²) in [5.74, 6) is 0.728. The van der Waals surface area contributed by atoms with Crippen LogP contribution in [-0.4, -0.2) is 9.13 Å². The first-order valence-electron chi connectivity index (χ1n) is 18.0. The molecule has 0 radical (unpaired) electrons. The summed E-state index contributed by atoms with van der Waals surface area (Å²) < 4.78 is 4.93. The Morgan fingerprint density at radius 2 is 1.02 bits per heavy atom. The first-order valence-corrected chi connectivity index (χ1v) is 18.0. The monoisotopic (exact) mass is 642 g/mol. The second-order valence-corrected chi connectivity index (χ2v) is 15.8. The van der Waals surface area contributed by atoms with E-state index in [2.05, 4.69) is 182 Å². The van der Waals surface area contributed by atoms with Crippen LogP contribution in [0, 0.1) is 5.92 Å². The molecular formula is C48H38N2. The molecule has 240 valence electrons. The van der Waals surface area contributed by atoms with Crippen molar-refractivity contribution in [2.24, 2.45) is 5.92 Å². The molecule has 0 amide bonds. The van der Waals surface area contributed by atoms with E-state index in [1.807, 2.05) is 0 Å². The second-order valence-electron chi connectivity index (χ2n) is 15.8. The molecule has 0 N–H and O–H groups in total. The molecule has 0 saturated heterocycles. The molecule has 2 heteroatoms. The van der Waals surface area contributed by atoms with Gasteiger partial charge in [0.25, 0.3) is 0 Å². The van der Waals surface area contributed by atoms with Crippen molar-refractivity contribution in [2.75, 3.05) is 0 Å². The summed E-state index contributed by atoms with van der Waals surface area (Å²) in [5.41, 5.74) is 16.1. The fourth-order valence-corrected chi connectivity index (χ4v) is 10.1. The van der Waals surface area contributed by atoms with Gasteiger partial charge in [-0.2, -0.15) is 0 Å². The van der Waals surface area contributed by atoms with Crippen molar-refractivity contribution in [3.8, 4) is 16.8 Å². The molecule has 8 aromatic rings. The third-order valence-electron chi connectivity index (χ3n) is 12.6. The molecule has 2 nitrogen and oxygen atoms in total. The van der Waals surface area contributed by atoms with E-state index in [9.17, 15) is 0 Å². The fourth-order valence-electron chi connectivity index (χ4n) is 10.1. The maximum absolute atomic E-state index is 2.59. The van der Waals surface area contributed by atoms with Crippen molar-refractivity contribution in [2.45, 2.75) is 44.4 Å². The number of aromatic nitrogens is 2. The smallest absolute Gasteiger partial charge is 0.0541 e. The van der Waals surface area contributed by atoms with Crippen LogP contribution in [0.3, 0.4) is 0 Å². The van der Waals surface area contributed by atoms with Crippen LogP contribution in [0.5, 0.6) is 0 Å². The Hall–Kier alpha value is -5.60. The number of allylic oxidation sites excluding steroid dienone is 4. The van der Waals surface area contributed by atoms with Crippen LogP contribution >= 0.6 is 0 Å². The molecule has 3 aliphatic rings. The minimum Gasteiger partial charge on any atom is -0.310 e. The lowest BCUT2D eigenvalue weighted by Gasteiger charge is -2.31. The van der Waals surface area contributed by atoms with Crippen LogP contribution in [0.25, 0.3) is 66.1 Å². The number of rotatable bonds is 2. The molecule has 50 heavy (non-hydrogen) atoms. The van der Waals surface area contributed by atoms with E-state index in [0.717, 1.165) is 0 Å². The summed E-state index contributed by atoms with van der Waals surface area (Å²) in [6.45, 7) is 9.79. The molecule has 0 aliphatic heterocycles. The summed E-state index contributed by atoms with van der Waals surface area (Å²) in [7, 11) is 0. The topological polar surface area (TPSA) is 9.86 Å². The van der Waals surface area contributed by atoms with E-state index in [0.29, 0.717) is 11.8 Å². The van der Waals surface area contributed by atoms with Gasteiger partial charge in [0.2, 0.25) is 0 Å². The summed E-state index contributed by atoms with van der Waals surface area (Å²) in [4.78, 5) is 0. The zero-order chi connectivity index (χ0) is 33.5. The number of benzene rings is 6. The van der Waals surface area contributed by atoms with Crippen molar-refractivity contribution in [3.05, 3.63) is 168 Å². The highest BCUT2D eigenvalue weighted by atomic mass is 15.0. The number of hydrogen-bond donors (Lipinski definition) is 0. The quantitative estimate of drug-likeness (QED) is 0.178. The van der Waals surface area contributed by atoms with Gasteiger partial charge in [0, 0.05) is 44.3 Å². The maximum Gasteiger partial charge on any atom is 0.0541 e. The van der Waals surface area contributed by atoms with Gasteiger partial charge in [-0.1, -0.05) is 125 Å². The predicted octanol–water partition coefficient (Wildman–Crippen LogP) is 12.3. The van der Waals surface area contributed by atoms with Crippen LogP contribution in [0.1, 0.15) is 55.9 Å². The van der Waals surface area contributed by atoms with Gasteiger partial charge in [0.1, 0.15) is 0 Å². The van der Waals surface area contributed by atoms with Gasteiger partial charge < -0.3 is 9.13 Å². The van der Waals surface area contributed by atoms with Gasteiger partial charge in [-0.15, -0.1) is 0 Å². The molecule has 2 heterocycles. The van der Waals surface area contributed by atoms with Crippen LogP contribution in [0.2, 0.25) is 0 Å². The zero-order valence-corrected chi connectivity index (χ0v) is 28.9. The van der Waals surface area contributed by atoms with Gasteiger partial charge in [0.05, 0.1) is 22.1 Å². The van der Waals surface area contributed by atoms with E-state index >= 15 is 0 Å². The largest absolute Gasteiger partial charge is 0.310 e. The number of nitrogens with zero attached hydrogens (tertiary/aromatic N) is 2. The summed E-state index contributed by atoms with van der Waals surface area (Å²) >= 11 is 0. The highest BCUT2D eigenvalue weighted by Gasteiger charge is 2.48. The van der Waals surface area contributed by atoms with Gasteiger partial charge in [-0.05, 0) is 93.3 Å². The molecule has 11 rings (SSSR count). The first kappa shape index (κ1) is 28.3. The lowest BCUT2D eigenvalue weighted by Crippen LogP contribution is -2.26. The lowest BCUT2D eigenvalue weighted by molar-refractivity contribution is 0.394. The summed E-state index contributed by atoms with van der Waals surface area (Å²) in [6, 6.07) is 47.6. The van der Waals surface area contributed by atoms with Gasteiger partial charge in [-0.25, -0.2) is 0 Å². The standard InChI is InChI=1S/C48H38N2/c1-47(2)39-25-29(49-43-17-9-5-13-33(43)34-14-6-10-18-44(34)49)21-23-31(39)37-27-38-32-24-22-30(26-40(32)48(3,4)42(38)28-41(37)47)50-45-19-11-7-15-35(45)36-16-8-12-20-46(36)50/h5-28,31,39H,1-4H3. The highest BCUT2D eigenvalue weighted by Crippen LogP contribution is 2.59. The molecule has 0 spiro atoms. The van der Waals surface area contributed by atoms with Crippen molar-refractivity contribution in [3.63, 3.8) is 0 Å². The van der Waals surface area contributed by atoms with Crippen LogP contribution in [0.4, 0.5) is 0 Å². The highest BCUT2D eigenvalue weighted by molar-refractivity contribution is 6.11. The second kappa shape index (κ2) is 9.55. The van der Waals surface area contributed by atoms with Crippen molar-refractivity contribution in [1.29, 1.82) is 0 Å². The van der Waals surface area contributed by atoms with E-state index in [4.69, 9.17) is 0 Å². The van der Waals surface area contributed by atoms with Crippen LogP contribution < -0.4 is 0 Å². The van der Waals surface area contributed by atoms with Gasteiger partial charge in [-0.3, -0.25) is 0 Å². The molecule has 0 bridgehead atoms. The maximum atomic E-state index is 2.59. The molecular weight excluding hydrogens is 605 g/mol. The van der Waals surface area contributed by atoms with E-state index in [-0.39, 0.29) is 10.8 Å². The number of hydrogen-bond acceptors (Lipinski definition) is 0. The van der Waals surface area contributed by atoms with Crippen molar-refractivity contribution >= 4 is 49.3 Å². The number of fused-ring (bicyclic) bond motifs is 12. The van der Waals surface area contributed by atoms with Crippen LogP contribution in [-0.2, 0) is 10.8 Å². The number of para-hydroxylation sites is 4. The Morgan fingerprint density at radius 3 is 1.60 bits per heavy atom. The van der Waals surface area contributed by atoms with E-state index < -0.39 is 0 Å². The van der Waals surface area contributed by atoms with Crippen molar-refractivity contribution < 1.29 is 0 Å². The Kier molecular flexibility index (Phi) is 5.40. The Labute approximate surface area is 292 Å². The van der Waals surface area contributed by atoms with Gasteiger partial charge >= 0.3 is 0 Å². The molecule has 0 saturated carbocycles. The van der Waals surface area contributed by atoms with E-state index in [1.54, 1.807) is 0 Å². The van der Waals surface area contributed by atoms with Crippen LogP contribution in [0.15, 0.2) is 146 Å². The molecule has 3 aliphatic carbocycles. The summed E-state index contributed by atoms with van der Waals surface area (Å²) in [6.07, 6.45) is 7.45. The Morgan fingerprint density at radius 1 is 0.500 bits per heavy atom. The van der Waals surface area contributed by atoms with E-state index in [1.165, 1.54) is 88.4 Å². The average Bonchev–Trinajstić information content (AvgIpc) is 3.80. The Balaban J connectivity index is 1.04. The van der Waals surface area contributed by atoms with Crippen molar-refractivity contribution in [1.82, 2.24) is 9.13 Å². The lowest BCUT2D eigenvalue weighted by atomic mass is 9.73. The SMILES string of the molecule is CC1(C)c2cc(-n3c4ccccc4c4ccccc43)ccc2-c2cc3c(cc21)C(C)(C)C1C=C(n2c4ccccc4c4ccccc42)C=CC31. The molecule has 0 fully saturated rings. The Bertz CT molecular complexity index is 2720.